The number of aromatic nitrogens is 1. The highest BCUT2D eigenvalue weighted by Gasteiger charge is 2.16. The summed E-state index contributed by atoms with van der Waals surface area (Å²) in [5.41, 5.74) is 2.82. The van der Waals surface area contributed by atoms with Crippen LogP contribution >= 0.6 is 0 Å². The average Bonchev–Trinajstić information content (AvgIpc) is 3.24. The molecule has 3 aromatic rings. The van der Waals surface area contributed by atoms with Gasteiger partial charge < -0.3 is 19.5 Å². The van der Waals surface area contributed by atoms with Crippen molar-refractivity contribution in [3.8, 4) is 11.4 Å². The summed E-state index contributed by atoms with van der Waals surface area (Å²) < 4.78 is 7.52. The smallest absolute Gasteiger partial charge is 0.251 e. The maximum atomic E-state index is 12.6. The maximum Gasteiger partial charge on any atom is 0.251 e. The van der Waals surface area contributed by atoms with Crippen molar-refractivity contribution in [1.82, 2.24) is 14.8 Å². The van der Waals surface area contributed by atoms with E-state index in [9.17, 15) is 4.79 Å². The number of nitrogens with zero attached hydrogens (tertiary/aromatic N) is 2. The molecule has 0 fully saturated rings. The molecule has 1 unspecified atom stereocenters. The number of nitrogens with one attached hydrogen (secondary N) is 1. The number of likely N-dealkylation sites (N-methyl/N-ethyl adjacent to an activating group) is 1. The van der Waals surface area contributed by atoms with E-state index in [-0.39, 0.29) is 11.9 Å². The van der Waals surface area contributed by atoms with E-state index in [2.05, 4.69) is 10.2 Å². The number of carbonyl (C=O) groups is 1. The van der Waals surface area contributed by atoms with Gasteiger partial charge >= 0.3 is 0 Å². The quantitative estimate of drug-likeness (QED) is 0.647. The predicted molar refractivity (Wildman–Crippen MR) is 112 cm³/mol. The third-order valence-electron chi connectivity index (χ3n) is 4.69. The van der Waals surface area contributed by atoms with E-state index in [4.69, 9.17) is 4.74 Å². The Morgan fingerprint density at radius 1 is 1.04 bits per heavy atom. The molecule has 0 aliphatic carbocycles. The third-order valence-corrected chi connectivity index (χ3v) is 4.69. The van der Waals surface area contributed by atoms with E-state index < -0.39 is 0 Å². The molecular weight excluding hydrogens is 350 g/mol. The van der Waals surface area contributed by atoms with Gasteiger partial charge in [0.25, 0.3) is 5.91 Å². The largest absolute Gasteiger partial charge is 0.494 e. The molecule has 1 aromatic heterocycles. The summed E-state index contributed by atoms with van der Waals surface area (Å²) in [6.07, 6.45) is 3.96. The van der Waals surface area contributed by atoms with Crippen molar-refractivity contribution in [3.05, 3.63) is 84.2 Å². The second-order valence-corrected chi connectivity index (χ2v) is 6.83. The number of benzene rings is 2. The SMILES string of the molecule is CCOc1ccc(C(CNC(=O)c2ccc(-n3cccc3)cc2)N(C)C)cc1. The van der Waals surface area contributed by atoms with Crippen molar-refractivity contribution in [2.24, 2.45) is 0 Å². The van der Waals surface area contributed by atoms with Crippen LogP contribution in [0.4, 0.5) is 0 Å². The number of rotatable bonds is 8. The lowest BCUT2D eigenvalue weighted by atomic mass is 10.1. The average molecular weight is 377 g/mol. The van der Waals surface area contributed by atoms with Gasteiger partial charge in [0, 0.05) is 30.2 Å². The molecule has 0 saturated carbocycles. The van der Waals surface area contributed by atoms with Crippen molar-refractivity contribution in [3.63, 3.8) is 0 Å². The molecule has 1 amide bonds. The van der Waals surface area contributed by atoms with E-state index in [1.165, 1.54) is 0 Å². The first kappa shape index (κ1) is 19.7. The first-order valence-electron chi connectivity index (χ1n) is 9.49. The van der Waals surface area contributed by atoms with Crippen LogP contribution in [-0.2, 0) is 0 Å². The Balaban J connectivity index is 1.63. The zero-order valence-electron chi connectivity index (χ0n) is 16.6. The van der Waals surface area contributed by atoms with Gasteiger partial charge in [-0.05, 0) is 75.1 Å². The minimum Gasteiger partial charge on any atom is -0.494 e. The Kier molecular flexibility index (Phi) is 6.50. The Labute approximate surface area is 166 Å². The highest BCUT2D eigenvalue weighted by atomic mass is 16.5. The van der Waals surface area contributed by atoms with Crippen LogP contribution in [0.2, 0.25) is 0 Å². The molecule has 146 valence electrons. The molecule has 0 bridgehead atoms. The molecule has 1 N–H and O–H groups in total. The Morgan fingerprint density at radius 2 is 1.68 bits per heavy atom. The molecule has 1 atom stereocenters. The summed E-state index contributed by atoms with van der Waals surface area (Å²) in [4.78, 5) is 14.7. The first-order valence-corrected chi connectivity index (χ1v) is 9.49. The van der Waals surface area contributed by atoms with Gasteiger partial charge in [0.15, 0.2) is 0 Å². The molecule has 2 aromatic carbocycles. The van der Waals surface area contributed by atoms with E-state index in [1.54, 1.807) is 0 Å². The summed E-state index contributed by atoms with van der Waals surface area (Å²) in [6, 6.07) is 19.7. The number of carbonyl (C=O) groups excluding carboxylic acids is 1. The maximum absolute atomic E-state index is 12.6. The van der Waals surface area contributed by atoms with Crippen LogP contribution in [0.25, 0.3) is 5.69 Å². The van der Waals surface area contributed by atoms with Crippen molar-refractivity contribution in [1.29, 1.82) is 0 Å². The molecule has 0 radical (unpaired) electrons. The fourth-order valence-corrected chi connectivity index (χ4v) is 3.13. The van der Waals surface area contributed by atoms with Gasteiger partial charge in [0.1, 0.15) is 5.75 Å². The van der Waals surface area contributed by atoms with E-state index >= 15 is 0 Å². The van der Waals surface area contributed by atoms with E-state index in [0.29, 0.717) is 18.7 Å². The summed E-state index contributed by atoms with van der Waals surface area (Å²) in [5, 5.41) is 3.05. The van der Waals surface area contributed by atoms with Gasteiger partial charge in [-0.15, -0.1) is 0 Å². The monoisotopic (exact) mass is 377 g/mol. The number of ether oxygens (including phenoxy) is 1. The van der Waals surface area contributed by atoms with Gasteiger partial charge in [0.05, 0.1) is 12.6 Å². The van der Waals surface area contributed by atoms with Crippen molar-refractivity contribution in [2.75, 3.05) is 27.2 Å². The number of amides is 1. The third kappa shape index (κ3) is 4.81. The second kappa shape index (κ2) is 9.24. The Morgan fingerprint density at radius 3 is 2.25 bits per heavy atom. The van der Waals surface area contributed by atoms with E-state index in [0.717, 1.165) is 17.0 Å². The fraction of sp³-hybridized carbons (Fsp3) is 0.261. The number of hydrogen-bond donors (Lipinski definition) is 1. The van der Waals surface area contributed by atoms with Crippen LogP contribution < -0.4 is 10.1 Å². The van der Waals surface area contributed by atoms with Crippen molar-refractivity contribution < 1.29 is 9.53 Å². The van der Waals surface area contributed by atoms with Gasteiger partial charge in [-0.1, -0.05) is 12.1 Å². The highest BCUT2D eigenvalue weighted by Crippen LogP contribution is 2.21. The second-order valence-electron chi connectivity index (χ2n) is 6.83. The molecule has 0 saturated heterocycles. The lowest BCUT2D eigenvalue weighted by molar-refractivity contribution is 0.0942. The zero-order chi connectivity index (χ0) is 19.9. The van der Waals surface area contributed by atoms with Crippen LogP contribution in [-0.4, -0.2) is 42.6 Å². The summed E-state index contributed by atoms with van der Waals surface area (Å²) in [5.74, 6) is 0.785. The standard InChI is InChI=1S/C23H27N3O2/c1-4-28-21-13-9-18(10-14-21)22(25(2)3)17-24-23(27)19-7-11-20(12-8-19)26-15-5-6-16-26/h5-16,22H,4,17H2,1-3H3,(H,24,27). The van der Waals surface area contributed by atoms with Crippen LogP contribution in [0.5, 0.6) is 5.75 Å². The predicted octanol–water partition coefficient (Wildman–Crippen LogP) is 3.91. The molecule has 28 heavy (non-hydrogen) atoms. The molecule has 5 nitrogen and oxygen atoms in total. The normalized spacial score (nSPS) is 12.0. The molecule has 0 aliphatic heterocycles. The Hall–Kier alpha value is -3.05. The Bertz CT molecular complexity index is 869. The molecule has 0 spiro atoms. The van der Waals surface area contributed by atoms with E-state index in [1.807, 2.05) is 98.6 Å². The summed E-state index contributed by atoms with van der Waals surface area (Å²) in [6.45, 7) is 3.14. The number of hydrogen-bond acceptors (Lipinski definition) is 3. The zero-order valence-corrected chi connectivity index (χ0v) is 16.6. The minimum atomic E-state index is -0.0724. The van der Waals surface area contributed by atoms with Gasteiger partial charge in [-0.25, -0.2) is 0 Å². The van der Waals surface area contributed by atoms with Crippen molar-refractivity contribution >= 4 is 5.91 Å². The molecule has 0 aliphatic rings. The van der Waals surface area contributed by atoms with Gasteiger partial charge in [-0.2, -0.15) is 0 Å². The molecule has 3 rings (SSSR count). The van der Waals surface area contributed by atoms with Gasteiger partial charge in [-0.3, -0.25) is 4.79 Å². The minimum absolute atomic E-state index is 0.0724. The van der Waals surface area contributed by atoms with Crippen molar-refractivity contribution in [2.45, 2.75) is 13.0 Å². The lowest BCUT2D eigenvalue weighted by Crippen LogP contribution is -2.34. The van der Waals surface area contributed by atoms with Crippen LogP contribution in [0.3, 0.4) is 0 Å². The first-order chi connectivity index (χ1) is 13.6. The summed E-state index contributed by atoms with van der Waals surface area (Å²) in [7, 11) is 4.03. The van der Waals surface area contributed by atoms with Crippen LogP contribution in [0.15, 0.2) is 73.1 Å². The topological polar surface area (TPSA) is 46.5 Å². The fourth-order valence-electron chi connectivity index (χ4n) is 3.13. The van der Waals surface area contributed by atoms with Crippen LogP contribution in [0.1, 0.15) is 28.9 Å². The molecule has 5 heteroatoms. The molecule has 1 heterocycles. The highest BCUT2D eigenvalue weighted by molar-refractivity contribution is 5.94. The van der Waals surface area contributed by atoms with Crippen LogP contribution in [0, 0.1) is 0 Å². The lowest BCUT2D eigenvalue weighted by Gasteiger charge is -2.25. The van der Waals surface area contributed by atoms with Gasteiger partial charge in [0.2, 0.25) is 0 Å². The molecular formula is C23H27N3O2. The summed E-state index contributed by atoms with van der Waals surface area (Å²) >= 11 is 0.